The Morgan fingerprint density at radius 3 is 2.50 bits per heavy atom. The largest absolute Gasteiger partial charge is 1.00 e. The van der Waals surface area contributed by atoms with Crippen LogP contribution in [0, 0.1) is 0 Å². The standard InChI is InChI=1S/C11H12OTe.ClH/c1-2-10-8-11(12-13-10)9-6-4-3-5-7-9;/h3-8,12H,2H2,1H3;1H/q+1;/p-1. The number of halogens is 1. The molecule has 0 saturated heterocycles. The number of aliphatic hydroxyl groups is 1. The molecule has 0 atom stereocenters. The molecule has 1 aromatic rings. The average Bonchev–Trinajstić information content (AvgIpc) is 2.67. The molecule has 0 saturated carbocycles. The van der Waals surface area contributed by atoms with Crippen molar-refractivity contribution in [2.75, 3.05) is 0 Å². The Morgan fingerprint density at radius 1 is 1.21 bits per heavy atom. The molecular weight excluding hydrogens is 311 g/mol. The second kappa shape index (κ2) is 5.56. The zero-order valence-corrected chi connectivity index (χ0v) is 11.0. The zero-order valence-electron chi connectivity index (χ0n) is 7.90. The maximum atomic E-state index is 4.61. The SMILES string of the molecule is CCC1=[Te][OH+]C(c2ccccc2)=C1.[Cl-]. The molecule has 0 amide bonds. The predicted octanol–water partition coefficient (Wildman–Crippen LogP) is -1.23. The summed E-state index contributed by atoms with van der Waals surface area (Å²) in [6, 6.07) is 10.4. The normalized spacial score (nSPS) is 13.8. The van der Waals surface area contributed by atoms with E-state index in [2.05, 4.69) is 40.4 Å². The molecule has 1 N–H and O–H groups in total. The third-order valence-electron chi connectivity index (χ3n) is 1.98. The van der Waals surface area contributed by atoms with Crippen molar-refractivity contribution >= 4 is 30.2 Å². The molecule has 0 bridgehead atoms. The van der Waals surface area contributed by atoms with Crippen LogP contribution in [0.3, 0.4) is 0 Å². The maximum Gasteiger partial charge on any atom is -1.00 e. The van der Waals surface area contributed by atoms with Gasteiger partial charge in [0.2, 0.25) is 0 Å². The van der Waals surface area contributed by atoms with Gasteiger partial charge in [0.05, 0.1) is 0 Å². The minimum Gasteiger partial charge on any atom is -1.00 e. The molecule has 1 nitrogen and oxygen atoms in total. The molecule has 2 rings (SSSR count). The Morgan fingerprint density at radius 2 is 1.93 bits per heavy atom. The first kappa shape index (κ1) is 11.8. The fourth-order valence-electron chi connectivity index (χ4n) is 1.22. The van der Waals surface area contributed by atoms with Crippen LogP contribution in [0.25, 0.3) is 5.76 Å². The second-order valence-corrected chi connectivity index (χ2v) is 5.44. The van der Waals surface area contributed by atoms with E-state index >= 15 is 0 Å². The van der Waals surface area contributed by atoms with Crippen LogP contribution in [0.4, 0.5) is 0 Å². The van der Waals surface area contributed by atoms with E-state index in [1.807, 2.05) is 6.07 Å². The molecule has 1 aliphatic heterocycles. The van der Waals surface area contributed by atoms with Crippen LogP contribution < -0.4 is 12.4 Å². The fourth-order valence-corrected chi connectivity index (χ4v) is 3.13. The topological polar surface area (TPSA) is 12.8 Å². The average molecular weight is 323 g/mol. The monoisotopic (exact) mass is 325 g/mol. The van der Waals surface area contributed by atoms with Gasteiger partial charge in [-0.3, -0.25) is 0 Å². The van der Waals surface area contributed by atoms with Gasteiger partial charge in [-0.1, -0.05) is 0 Å². The van der Waals surface area contributed by atoms with E-state index in [4.69, 9.17) is 0 Å². The van der Waals surface area contributed by atoms with Crippen molar-refractivity contribution < 1.29 is 15.5 Å². The summed E-state index contributed by atoms with van der Waals surface area (Å²) in [5.41, 5.74) is 1.26. The predicted molar refractivity (Wildman–Crippen MR) is 57.7 cm³/mol. The smallest absolute Gasteiger partial charge is 1.00 e. The summed E-state index contributed by atoms with van der Waals surface area (Å²) >= 11 is -0.210. The summed E-state index contributed by atoms with van der Waals surface area (Å²) in [5.74, 6) is 1.19. The quantitative estimate of drug-likeness (QED) is 0.478. The van der Waals surface area contributed by atoms with Gasteiger partial charge in [0.25, 0.3) is 0 Å². The van der Waals surface area contributed by atoms with Crippen LogP contribution in [-0.2, 0) is 0 Å². The molecule has 0 aliphatic carbocycles. The molecule has 1 radical (unpaired) electrons. The number of hydrogen-bond donors (Lipinski definition) is 0. The van der Waals surface area contributed by atoms with Crippen molar-refractivity contribution in [2.45, 2.75) is 13.3 Å². The Bertz CT molecular complexity index is 357. The summed E-state index contributed by atoms with van der Waals surface area (Å²) in [4.78, 5) is 0. The minimum absolute atomic E-state index is 0. The van der Waals surface area contributed by atoms with Gasteiger partial charge in [0.15, 0.2) is 0 Å². The van der Waals surface area contributed by atoms with Crippen LogP contribution in [0.5, 0.6) is 0 Å². The van der Waals surface area contributed by atoms with Crippen molar-refractivity contribution in [1.29, 1.82) is 0 Å². The van der Waals surface area contributed by atoms with E-state index < -0.39 is 0 Å². The zero-order chi connectivity index (χ0) is 9.10. The van der Waals surface area contributed by atoms with E-state index in [1.54, 1.807) is 3.55 Å². The summed E-state index contributed by atoms with van der Waals surface area (Å²) in [6.07, 6.45) is 3.43. The first-order chi connectivity index (χ1) is 6.40. The first-order valence-corrected chi connectivity index (χ1v) is 6.62. The Balaban J connectivity index is 0.000000980. The summed E-state index contributed by atoms with van der Waals surface area (Å²) < 4.78 is 6.17. The van der Waals surface area contributed by atoms with Crippen LogP contribution in [0.15, 0.2) is 36.4 Å². The second-order valence-electron chi connectivity index (χ2n) is 2.90. The van der Waals surface area contributed by atoms with Gasteiger partial charge >= 0.3 is 88.6 Å². The van der Waals surface area contributed by atoms with Gasteiger partial charge in [0, 0.05) is 0 Å². The van der Waals surface area contributed by atoms with E-state index in [9.17, 15) is 0 Å². The van der Waals surface area contributed by atoms with Crippen molar-refractivity contribution in [3.63, 3.8) is 0 Å². The third-order valence-corrected chi connectivity index (χ3v) is 4.63. The number of rotatable bonds is 2. The third kappa shape index (κ3) is 2.60. The van der Waals surface area contributed by atoms with Crippen LogP contribution in [-0.4, -0.2) is 27.5 Å². The molecule has 0 aromatic heterocycles. The minimum atomic E-state index is -0.210. The Kier molecular flexibility index (Phi) is 4.68. The van der Waals surface area contributed by atoms with E-state index in [1.165, 1.54) is 17.7 Å². The Labute approximate surface area is 101 Å². The maximum absolute atomic E-state index is 4.61. The summed E-state index contributed by atoms with van der Waals surface area (Å²) in [7, 11) is 0. The van der Waals surface area contributed by atoms with Crippen molar-refractivity contribution in [2.24, 2.45) is 0 Å². The molecule has 75 valence electrons. The molecule has 0 fully saturated rings. The molecule has 1 aliphatic rings. The number of hydrogen-bond acceptors (Lipinski definition) is 0. The van der Waals surface area contributed by atoms with Gasteiger partial charge in [-0.25, -0.2) is 0 Å². The van der Waals surface area contributed by atoms with Crippen molar-refractivity contribution in [3.05, 3.63) is 42.0 Å². The van der Waals surface area contributed by atoms with Gasteiger partial charge in [-0.15, -0.1) is 0 Å². The summed E-state index contributed by atoms with van der Waals surface area (Å²) in [5, 5.41) is 0. The molecule has 1 heterocycles. The van der Waals surface area contributed by atoms with Crippen molar-refractivity contribution in [1.82, 2.24) is 0 Å². The first-order valence-electron chi connectivity index (χ1n) is 4.41. The molecule has 0 spiro atoms. The van der Waals surface area contributed by atoms with Gasteiger partial charge < -0.3 is 12.4 Å². The molecule has 0 unspecified atom stereocenters. The summed E-state index contributed by atoms with van der Waals surface area (Å²) in [6.45, 7) is 2.21. The van der Waals surface area contributed by atoms with Crippen LogP contribution >= 0.6 is 0 Å². The number of benzene rings is 1. The van der Waals surface area contributed by atoms with E-state index in [0.29, 0.717) is 0 Å². The van der Waals surface area contributed by atoms with Gasteiger partial charge in [-0.05, 0) is 0 Å². The Hall–Kier alpha value is -0.290. The molecule has 3 heteroatoms. The molecule has 1 aromatic carbocycles. The molecular formula is C11H12ClOTe. The van der Waals surface area contributed by atoms with Crippen molar-refractivity contribution in [3.8, 4) is 0 Å². The van der Waals surface area contributed by atoms with Crippen LogP contribution in [0.2, 0.25) is 0 Å². The van der Waals surface area contributed by atoms with Gasteiger partial charge in [-0.2, -0.15) is 0 Å². The molecule has 14 heavy (non-hydrogen) atoms. The number of allylic oxidation sites excluding steroid dienone is 1. The van der Waals surface area contributed by atoms with Gasteiger partial charge in [0.1, 0.15) is 0 Å². The van der Waals surface area contributed by atoms with Crippen LogP contribution in [0.1, 0.15) is 18.9 Å². The van der Waals surface area contributed by atoms with E-state index in [-0.39, 0.29) is 33.3 Å². The fraction of sp³-hybridized carbons (Fsp3) is 0.182. The van der Waals surface area contributed by atoms with E-state index in [0.717, 1.165) is 0 Å².